The zero-order valence-electron chi connectivity index (χ0n) is 16.9. The Morgan fingerprint density at radius 2 is 1.67 bits per heavy atom. The van der Waals surface area contributed by atoms with Gasteiger partial charge in [-0.05, 0) is 49.9 Å². The molecule has 7 nitrogen and oxygen atoms in total. The van der Waals surface area contributed by atoms with Crippen LogP contribution < -0.4 is 4.72 Å². The van der Waals surface area contributed by atoms with Crippen LogP contribution in [0.5, 0.6) is 0 Å². The van der Waals surface area contributed by atoms with E-state index in [-0.39, 0.29) is 28.7 Å². The third kappa shape index (κ3) is 4.65. The van der Waals surface area contributed by atoms with Crippen LogP contribution in [0.25, 0.3) is 0 Å². The predicted molar refractivity (Wildman–Crippen MR) is 113 cm³/mol. The molecule has 1 saturated carbocycles. The number of nitrogens with one attached hydrogen (secondary N) is 1. The third-order valence-electron chi connectivity index (χ3n) is 6.53. The van der Waals surface area contributed by atoms with E-state index in [0.717, 1.165) is 25.7 Å². The number of piperidine rings is 1. The van der Waals surface area contributed by atoms with Crippen LogP contribution in [0, 0.1) is 5.92 Å². The number of carbonyl (C=O) groups excluding carboxylic acids is 2. The van der Waals surface area contributed by atoms with Gasteiger partial charge >= 0.3 is 0 Å². The van der Waals surface area contributed by atoms with Gasteiger partial charge in [0.25, 0.3) is 0 Å². The van der Waals surface area contributed by atoms with Crippen molar-refractivity contribution in [1.82, 2.24) is 14.5 Å². The van der Waals surface area contributed by atoms with Crippen LogP contribution in [0.15, 0.2) is 29.2 Å². The Hall–Kier alpha value is -1.64. The van der Waals surface area contributed by atoms with Crippen LogP contribution in [0.4, 0.5) is 0 Å². The lowest BCUT2D eigenvalue weighted by Gasteiger charge is -2.33. The van der Waals surface area contributed by atoms with Gasteiger partial charge < -0.3 is 9.80 Å². The maximum Gasteiger partial charge on any atom is 0.240 e. The molecule has 2 saturated heterocycles. The number of halogens is 1. The molecule has 1 atom stereocenters. The van der Waals surface area contributed by atoms with Crippen molar-refractivity contribution in [3.63, 3.8) is 0 Å². The van der Waals surface area contributed by atoms with Gasteiger partial charge in [0.1, 0.15) is 0 Å². The molecule has 3 aliphatic rings. The van der Waals surface area contributed by atoms with E-state index in [1.807, 2.05) is 4.90 Å². The molecule has 1 aromatic rings. The Balaban J connectivity index is 1.29. The molecule has 0 bridgehead atoms. The second-order valence-corrected chi connectivity index (χ2v) is 10.7. The van der Waals surface area contributed by atoms with Crippen LogP contribution in [-0.2, 0) is 19.6 Å². The topological polar surface area (TPSA) is 86.8 Å². The summed E-state index contributed by atoms with van der Waals surface area (Å²) in [7, 11) is -3.62. The monoisotopic (exact) mass is 453 g/mol. The van der Waals surface area contributed by atoms with Gasteiger partial charge in [0.15, 0.2) is 0 Å². The van der Waals surface area contributed by atoms with Crippen molar-refractivity contribution < 1.29 is 18.0 Å². The molecule has 0 aromatic heterocycles. The highest BCUT2D eigenvalue weighted by Crippen LogP contribution is 2.30. The first-order valence-corrected chi connectivity index (χ1v) is 12.6. The number of likely N-dealkylation sites (tertiary alicyclic amines) is 2. The lowest BCUT2D eigenvalue weighted by Crippen LogP contribution is -2.48. The summed E-state index contributed by atoms with van der Waals surface area (Å²) in [5.41, 5.74) is 0. The summed E-state index contributed by atoms with van der Waals surface area (Å²) in [6.07, 6.45) is 5.84. The van der Waals surface area contributed by atoms with Crippen LogP contribution >= 0.6 is 11.6 Å². The first-order valence-electron chi connectivity index (χ1n) is 10.7. The third-order valence-corrected chi connectivity index (χ3v) is 8.31. The maximum absolute atomic E-state index is 12.9. The molecule has 1 aliphatic carbocycles. The Bertz CT molecular complexity index is 891. The molecular weight excluding hydrogens is 426 g/mol. The lowest BCUT2D eigenvalue weighted by atomic mass is 10.0. The van der Waals surface area contributed by atoms with Gasteiger partial charge in [-0.1, -0.05) is 24.4 Å². The molecule has 164 valence electrons. The van der Waals surface area contributed by atoms with E-state index in [1.54, 1.807) is 17.0 Å². The molecule has 1 aromatic carbocycles. The van der Waals surface area contributed by atoms with Crippen LogP contribution in [0.2, 0.25) is 5.02 Å². The highest BCUT2D eigenvalue weighted by atomic mass is 35.5. The summed E-state index contributed by atoms with van der Waals surface area (Å²) in [4.78, 5) is 29.2. The average Bonchev–Trinajstić information content (AvgIpc) is 3.37. The smallest absolute Gasteiger partial charge is 0.240 e. The lowest BCUT2D eigenvalue weighted by molar-refractivity contribution is -0.136. The zero-order chi connectivity index (χ0) is 21.3. The normalized spacial score (nSPS) is 24.0. The summed E-state index contributed by atoms with van der Waals surface area (Å²) in [5.74, 6) is -0.130. The standard InChI is InChI=1S/C21H28ClN3O4S/c22-16-5-7-19(8-6-16)30(28,29)23-17-9-11-24(12-10-17)21(27)15-13-20(26)25(14-15)18-3-1-2-4-18/h5-8,15,17-18,23H,1-4,9-14H2/t15-/m0/s1. The van der Waals surface area contributed by atoms with Crippen LogP contribution in [0.1, 0.15) is 44.9 Å². The first-order chi connectivity index (χ1) is 14.3. The number of hydrogen-bond acceptors (Lipinski definition) is 4. The van der Waals surface area contributed by atoms with Crippen molar-refractivity contribution in [3.8, 4) is 0 Å². The van der Waals surface area contributed by atoms with E-state index in [2.05, 4.69) is 4.72 Å². The van der Waals surface area contributed by atoms with Gasteiger partial charge in [-0.2, -0.15) is 0 Å². The van der Waals surface area contributed by atoms with E-state index >= 15 is 0 Å². The van der Waals surface area contributed by atoms with Crippen molar-refractivity contribution >= 4 is 33.4 Å². The summed E-state index contributed by atoms with van der Waals surface area (Å²) in [5, 5.41) is 0.484. The quantitative estimate of drug-likeness (QED) is 0.741. The number of rotatable bonds is 5. The molecular formula is C21H28ClN3O4S. The number of amides is 2. The van der Waals surface area contributed by atoms with Crippen molar-refractivity contribution in [2.75, 3.05) is 19.6 Å². The number of sulfonamides is 1. The molecule has 1 N–H and O–H groups in total. The van der Waals surface area contributed by atoms with Crippen LogP contribution in [-0.4, -0.2) is 61.7 Å². The van der Waals surface area contributed by atoms with E-state index in [1.165, 1.54) is 12.1 Å². The summed E-state index contributed by atoms with van der Waals surface area (Å²) in [6, 6.07) is 6.16. The van der Waals surface area contributed by atoms with Crippen molar-refractivity contribution in [1.29, 1.82) is 0 Å². The fourth-order valence-corrected chi connectivity index (χ4v) is 6.27. The number of hydrogen-bond donors (Lipinski definition) is 1. The van der Waals surface area contributed by atoms with Crippen LogP contribution in [0.3, 0.4) is 0 Å². The van der Waals surface area contributed by atoms with E-state index in [0.29, 0.717) is 50.0 Å². The highest BCUT2D eigenvalue weighted by molar-refractivity contribution is 7.89. The molecule has 3 fully saturated rings. The first kappa shape index (κ1) is 21.6. The van der Waals surface area contributed by atoms with Gasteiger partial charge in [-0.15, -0.1) is 0 Å². The van der Waals surface area contributed by atoms with E-state index in [9.17, 15) is 18.0 Å². The summed E-state index contributed by atoms with van der Waals surface area (Å²) < 4.78 is 27.9. The van der Waals surface area contributed by atoms with Gasteiger partial charge in [-0.25, -0.2) is 13.1 Å². The number of nitrogens with zero attached hydrogens (tertiary/aromatic N) is 2. The Labute approximate surface area is 182 Å². The molecule has 0 spiro atoms. The molecule has 30 heavy (non-hydrogen) atoms. The van der Waals surface area contributed by atoms with Crippen molar-refractivity contribution in [3.05, 3.63) is 29.3 Å². The number of carbonyl (C=O) groups is 2. The zero-order valence-corrected chi connectivity index (χ0v) is 18.5. The summed E-state index contributed by atoms with van der Waals surface area (Å²) >= 11 is 5.83. The number of benzene rings is 1. The highest BCUT2D eigenvalue weighted by Gasteiger charge is 2.40. The van der Waals surface area contributed by atoms with Crippen molar-refractivity contribution in [2.45, 2.75) is 61.9 Å². The van der Waals surface area contributed by atoms with Gasteiger partial charge in [0.05, 0.1) is 10.8 Å². The minimum absolute atomic E-state index is 0.0304. The molecule has 0 radical (unpaired) electrons. The van der Waals surface area contributed by atoms with Gasteiger partial charge in [-0.3, -0.25) is 9.59 Å². The van der Waals surface area contributed by atoms with E-state index in [4.69, 9.17) is 11.6 Å². The minimum Gasteiger partial charge on any atom is -0.342 e. The SMILES string of the molecule is O=C([C@H]1CC(=O)N(C2CCCC2)C1)N1CCC(NS(=O)(=O)c2ccc(Cl)cc2)CC1. The Kier molecular flexibility index (Phi) is 6.36. The van der Waals surface area contributed by atoms with E-state index < -0.39 is 10.0 Å². The molecule has 4 rings (SSSR count). The Morgan fingerprint density at radius 1 is 1.03 bits per heavy atom. The van der Waals surface area contributed by atoms with Gasteiger partial charge in [0, 0.05) is 43.2 Å². The largest absolute Gasteiger partial charge is 0.342 e. The molecule has 2 heterocycles. The fourth-order valence-electron chi connectivity index (χ4n) is 4.84. The maximum atomic E-state index is 12.9. The molecule has 2 amide bonds. The second kappa shape index (κ2) is 8.85. The Morgan fingerprint density at radius 3 is 2.30 bits per heavy atom. The average molecular weight is 454 g/mol. The van der Waals surface area contributed by atoms with Gasteiger partial charge in [0.2, 0.25) is 21.8 Å². The predicted octanol–water partition coefficient (Wildman–Crippen LogP) is 2.40. The fraction of sp³-hybridized carbons (Fsp3) is 0.619. The summed E-state index contributed by atoms with van der Waals surface area (Å²) in [6.45, 7) is 1.53. The van der Waals surface area contributed by atoms with Crippen molar-refractivity contribution in [2.24, 2.45) is 5.92 Å². The molecule has 0 unspecified atom stereocenters. The second-order valence-electron chi connectivity index (χ2n) is 8.56. The minimum atomic E-state index is -3.62. The molecule has 2 aliphatic heterocycles. The molecule has 9 heteroatoms.